The number of hydrogen-bond acceptors (Lipinski definition) is 3. The first-order chi connectivity index (χ1) is 4.63. The van der Waals surface area contributed by atoms with Crippen molar-refractivity contribution in [2.45, 2.75) is 16.7 Å². The van der Waals surface area contributed by atoms with E-state index in [-0.39, 0.29) is 5.75 Å². The van der Waals surface area contributed by atoms with E-state index in [9.17, 15) is 0 Å². The molecule has 0 spiro atoms. The van der Waals surface area contributed by atoms with Gasteiger partial charge in [-0.1, -0.05) is 0 Å². The van der Waals surface area contributed by atoms with Crippen LogP contribution in [0.1, 0.15) is 5.56 Å². The summed E-state index contributed by atoms with van der Waals surface area (Å²) in [6.45, 7) is 1.80. The van der Waals surface area contributed by atoms with E-state index in [0.29, 0.717) is 0 Å². The summed E-state index contributed by atoms with van der Waals surface area (Å²) in [5, 5.41) is 9.14. The molecular weight excluding hydrogens is 164 g/mol. The summed E-state index contributed by atoms with van der Waals surface area (Å²) < 4.78 is 0. The third-order valence-electron chi connectivity index (χ3n) is 1.38. The molecule has 54 valence electrons. The molecule has 0 fully saturated rings. The van der Waals surface area contributed by atoms with Crippen molar-refractivity contribution in [2.75, 3.05) is 0 Å². The second-order valence-corrected chi connectivity index (χ2v) is 3.01. The number of thiol groups is 2. The van der Waals surface area contributed by atoms with Crippen LogP contribution in [0.2, 0.25) is 0 Å². The van der Waals surface area contributed by atoms with Crippen molar-refractivity contribution in [3.8, 4) is 5.75 Å². The van der Waals surface area contributed by atoms with Crippen LogP contribution in [-0.4, -0.2) is 5.11 Å². The molecule has 0 aliphatic heterocycles. The van der Waals surface area contributed by atoms with Crippen molar-refractivity contribution >= 4 is 25.3 Å². The standard InChI is InChI=1S/C7H8OS2/c1-4-5(8)2-3-6(9)7(4)10/h2-3,8-10H,1H3. The maximum Gasteiger partial charge on any atom is 0.119 e. The third-order valence-corrected chi connectivity index (χ3v) is 2.51. The summed E-state index contributed by atoms with van der Waals surface area (Å²) >= 11 is 8.27. The zero-order valence-corrected chi connectivity index (χ0v) is 7.29. The third kappa shape index (κ3) is 1.25. The van der Waals surface area contributed by atoms with Crippen molar-refractivity contribution < 1.29 is 5.11 Å². The van der Waals surface area contributed by atoms with Gasteiger partial charge in [-0.05, 0) is 19.1 Å². The molecule has 0 bridgehead atoms. The van der Waals surface area contributed by atoms with E-state index in [1.165, 1.54) is 0 Å². The molecule has 10 heavy (non-hydrogen) atoms. The molecular formula is C7H8OS2. The highest BCUT2D eigenvalue weighted by Crippen LogP contribution is 2.28. The lowest BCUT2D eigenvalue weighted by molar-refractivity contribution is 0.468. The molecule has 1 aromatic carbocycles. The fourth-order valence-electron chi connectivity index (χ4n) is 0.675. The number of hydrogen-bond donors (Lipinski definition) is 3. The molecule has 3 heteroatoms. The van der Waals surface area contributed by atoms with Gasteiger partial charge in [0.1, 0.15) is 5.75 Å². The second-order valence-electron chi connectivity index (χ2n) is 2.08. The van der Waals surface area contributed by atoms with E-state index in [1.54, 1.807) is 19.1 Å². The zero-order valence-electron chi connectivity index (χ0n) is 5.50. The highest BCUT2D eigenvalue weighted by molar-refractivity contribution is 7.83. The van der Waals surface area contributed by atoms with Gasteiger partial charge in [0.05, 0.1) is 0 Å². The fourth-order valence-corrected chi connectivity index (χ4v) is 1.11. The number of rotatable bonds is 0. The monoisotopic (exact) mass is 172 g/mol. The van der Waals surface area contributed by atoms with Gasteiger partial charge >= 0.3 is 0 Å². The van der Waals surface area contributed by atoms with Gasteiger partial charge < -0.3 is 5.11 Å². The average Bonchev–Trinajstić information content (AvgIpc) is 1.93. The number of phenolic OH excluding ortho intramolecular Hbond substituents is 1. The van der Waals surface area contributed by atoms with E-state index >= 15 is 0 Å². The van der Waals surface area contributed by atoms with Gasteiger partial charge in [0.15, 0.2) is 0 Å². The molecule has 1 aromatic rings. The van der Waals surface area contributed by atoms with Crippen LogP contribution in [-0.2, 0) is 0 Å². The summed E-state index contributed by atoms with van der Waals surface area (Å²) in [4.78, 5) is 1.53. The maximum absolute atomic E-state index is 9.14. The Balaban J connectivity index is 3.34. The molecule has 0 aliphatic carbocycles. The summed E-state index contributed by atoms with van der Waals surface area (Å²) in [5.74, 6) is 0.266. The molecule has 0 unspecified atom stereocenters. The summed E-state index contributed by atoms with van der Waals surface area (Å²) in [6, 6.07) is 3.32. The molecule has 0 atom stereocenters. The predicted molar refractivity (Wildman–Crippen MR) is 47.3 cm³/mol. The lowest BCUT2D eigenvalue weighted by Gasteiger charge is -2.03. The van der Waals surface area contributed by atoms with Crippen LogP contribution < -0.4 is 0 Å². The average molecular weight is 172 g/mol. The van der Waals surface area contributed by atoms with Crippen LogP contribution in [0, 0.1) is 6.92 Å². The molecule has 0 heterocycles. The van der Waals surface area contributed by atoms with Crippen LogP contribution in [0.3, 0.4) is 0 Å². The molecule has 0 aliphatic rings. The Kier molecular flexibility index (Phi) is 2.16. The Bertz CT molecular complexity index is 231. The van der Waals surface area contributed by atoms with Gasteiger partial charge in [-0.3, -0.25) is 0 Å². The van der Waals surface area contributed by atoms with E-state index in [2.05, 4.69) is 25.3 Å². The molecule has 1 rings (SSSR count). The van der Waals surface area contributed by atoms with Crippen LogP contribution in [0.25, 0.3) is 0 Å². The molecule has 1 nitrogen and oxygen atoms in total. The number of phenols is 1. The molecule has 0 amide bonds. The van der Waals surface area contributed by atoms with Gasteiger partial charge in [0, 0.05) is 15.4 Å². The van der Waals surface area contributed by atoms with E-state index in [0.717, 1.165) is 15.4 Å². The minimum Gasteiger partial charge on any atom is -0.508 e. The van der Waals surface area contributed by atoms with Crippen LogP contribution in [0.5, 0.6) is 5.75 Å². The Morgan fingerprint density at radius 3 is 2.40 bits per heavy atom. The lowest BCUT2D eigenvalue weighted by atomic mass is 10.2. The predicted octanol–water partition coefficient (Wildman–Crippen LogP) is 2.28. The van der Waals surface area contributed by atoms with Crippen molar-refractivity contribution in [3.05, 3.63) is 17.7 Å². The number of benzene rings is 1. The van der Waals surface area contributed by atoms with Gasteiger partial charge in [0.2, 0.25) is 0 Å². The first kappa shape index (κ1) is 7.82. The highest BCUT2D eigenvalue weighted by atomic mass is 32.1. The van der Waals surface area contributed by atoms with Crippen LogP contribution in [0.4, 0.5) is 0 Å². The molecule has 0 aromatic heterocycles. The Morgan fingerprint density at radius 1 is 1.30 bits per heavy atom. The SMILES string of the molecule is Cc1c(O)ccc(S)c1S. The Hall–Kier alpha value is -0.280. The minimum absolute atomic E-state index is 0.266. The van der Waals surface area contributed by atoms with Crippen molar-refractivity contribution in [1.82, 2.24) is 0 Å². The smallest absolute Gasteiger partial charge is 0.119 e. The van der Waals surface area contributed by atoms with Crippen LogP contribution in [0.15, 0.2) is 21.9 Å². The Labute approximate surface area is 70.9 Å². The maximum atomic E-state index is 9.14. The summed E-state index contributed by atoms with van der Waals surface area (Å²) in [6.07, 6.45) is 0. The number of aromatic hydroxyl groups is 1. The van der Waals surface area contributed by atoms with Crippen molar-refractivity contribution in [2.24, 2.45) is 0 Å². The normalized spacial score (nSPS) is 9.90. The van der Waals surface area contributed by atoms with Crippen molar-refractivity contribution in [1.29, 1.82) is 0 Å². The highest BCUT2D eigenvalue weighted by Gasteiger charge is 2.01. The first-order valence-corrected chi connectivity index (χ1v) is 3.73. The van der Waals surface area contributed by atoms with Gasteiger partial charge in [-0.15, -0.1) is 25.3 Å². The second kappa shape index (κ2) is 2.76. The fraction of sp³-hybridized carbons (Fsp3) is 0.143. The lowest BCUT2D eigenvalue weighted by Crippen LogP contribution is -1.78. The topological polar surface area (TPSA) is 20.2 Å². The van der Waals surface area contributed by atoms with E-state index < -0.39 is 0 Å². The molecule has 0 radical (unpaired) electrons. The molecule has 0 saturated heterocycles. The van der Waals surface area contributed by atoms with E-state index in [4.69, 9.17) is 5.11 Å². The van der Waals surface area contributed by atoms with Gasteiger partial charge in [-0.2, -0.15) is 0 Å². The van der Waals surface area contributed by atoms with Crippen molar-refractivity contribution in [3.63, 3.8) is 0 Å². The quantitative estimate of drug-likeness (QED) is 0.513. The van der Waals surface area contributed by atoms with Gasteiger partial charge in [-0.25, -0.2) is 0 Å². The molecule has 1 N–H and O–H groups in total. The molecule has 0 saturated carbocycles. The minimum atomic E-state index is 0.266. The summed E-state index contributed by atoms with van der Waals surface area (Å²) in [5.41, 5.74) is 0.774. The van der Waals surface area contributed by atoms with E-state index in [1.807, 2.05) is 0 Å². The van der Waals surface area contributed by atoms with Gasteiger partial charge in [0.25, 0.3) is 0 Å². The summed E-state index contributed by atoms with van der Waals surface area (Å²) in [7, 11) is 0. The van der Waals surface area contributed by atoms with Crippen LogP contribution >= 0.6 is 25.3 Å². The first-order valence-electron chi connectivity index (χ1n) is 2.83. The Morgan fingerprint density at radius 2 is 1.90 bits per heavy atom. The zero-order chi connectivity index (χ0) is 7.72. The largest absolute Gasteiger partial charge is 0.508 e.